The summed E-state index contributed by atoms with van der Waals surface area (Å²) in [7, 11) is -3.32. The summed E-state index contributed by atoms with van der Waals surface area (Å²) >= 11 is 5.88. The lowest BCUT2D eigenvalue weighted by molar-refractivity contribution is 0.0569. The molecule has 1 aliphatic rings. The van der Waals surface area contributed by atoms with Gasteiger partial charge in [0.1, 0.15) is 0 Å². The zero-order chi connectivity index (χ0) is 15.5. The van der Waals surface area contributed by atoms with Crippen LogP contribution in [0.2, 0.25) is 5.02 Å². The number of hydrogen-bond donors (Lipinski definition) is 1. The molecule has 4 nitrogen and oxygen atoms in total. The molecule has 1 saturated heterocycles. The van der Waals surface area contributed by atoms with Gasteiger partial charge in [-0.1, -0.05) is 23.7 Å². The van der Waals surface area contributed by atoms with Crippen LogP contribution in [0, 0.1) is 5.92 Å². The molecule has 1 N–H and O–H groups in total. The second-order valence-electron chi connectivity index (χ2n) is 5.81. The molecule has 0 aromatic heterocycles. The molecular weight excluding hydrogens is 310 g/mol. The Balaban J connectivity index is 2.13. The van der Waals surface area contributed by atoms with Gasteiger partial charge in [0.05, 0.1) is 11.9 Å². The van der Waals surface area contributed by atoms with Crippen molar-refractivity contribution in [3.05, 3.63) is 34.9 Å². The molecule has 0 radical (unpaired) electrons. The zero-order valence-corrected chi connectivity index (χ0v) is 14.0. The summed E-state index contributed by atoms with van der Waals surface area (Å²) in [6, 6.07) is 7.45. The molecule has 21 heavy (non-hydrogen) atoms. The van der Waals surface area contributed by atoms with Crippen LogP contribution in [0.15, 0.2) is 24.3 Å². The number of hydrogen-bond acceptors (Lipinski definition) is 3. The molecule has 118 valence electrons. The molecule has 0 unspecified atom stereocenters. The van der Waals surface area contributed by atoms with E-state index < -0.39 is 15.3 Å². The summed E-state index contributed by atoms with van der Waals surface area (Å²) in [6.45, 7) is 4.66. The van der Waals surface area contributed by atoms with Crippen molar-refractivity contribution in [2.45, 2.75) is 38.0 Å². The minimum Gasteiger partial charge on any atom is -0.381 e. The predicted molar refractivity (Wildman–Crippen MR) is 85.1 cm³/mol. The number of nitrogens with one attached hydrogen (secondary N) is 1. The Labute approximate surface area is 131 Å². The monoisotopic (exact) mass is 331 g/mol. The Morgan fingerprint density at radius 1 is 1.33 bits per heavy atom. The van der Waals surface area contributed by atoms with Crippen LogP contribution in [0.1, 0.15) is 25.8 Å². The quantitative estimate of drug-likeness (QED) is 0.902. The summed E-state index contributed by atoms with van der Waals surface area (Å²) < 4.78 is 33.1. The van der Waals surface area contributed by atoms with Crippen LogP contribution in [0.5, 0.6) is 0 Å². The number of sulfonamides is 1. The van der Waals surface area contributed by atoms with Gasteiger partial charge in [-0.15, -0.1) is 0 Å². The van der Waals surface area contributed by atoms with E-state index in [4.69, 9.17) is 16.3 Å². The minimum absolute atomic E-state index is 0.0313. The van der Waals surface area contributed by atoms with E-state index in [1.807, 2.05) is 38.1 Å². The van der Waals surface area contributed by atoms with E-state index in [1.165, 1.54) is 0 Å². The Bertz CT molecular complexity index is 557. The summed E-state index contributed by atoms with van der Waals surface area (Å²) in [6.07, 6.45) is 1.22. The number of halogens is 1. The molecule has 1 heterocycles. The first-order chi connectivity index (χ1) is 9.88. The van der Waals surface area contributed by atoms with Crippen LogP contribution in [-0.2, 0) is 21.2 Å². The lowest BCUT2D eigenvalue weighted by atomic mass is 9.94. The van der Waals surface area contributed by atoms with E-state index in [0.717, 1.165) is 5.56 Å². The number of rotatable bonds is 5. The Morgan fingerprint density at radius 3 is 2.62 bits per heavy atom. The SMILES string of the molecule is CC(C)NS(=O)(=O)[C@H]1CCOC[C@@H]1Cc1ccc(Cl)cc1. The largest absolute Gasteiger partial charge is 0.381 e. The van der Waals surface area contributed by atoms with Gasteiger partial charge in [-0.3, -0.25) is 0 Å². The van der Waals surface area contributed by atoms with Crippen molar-refractivity contribution in [1.29, 1.82) is 0 Å². The average molecular weight is 332 g/mol. The third-order valence-electron chi connectivity index (χ3n) is 3.61. The van der Waals surface area contributed by atoms with Gasteiger partial charge in [0.2, 0.25) is 10.0 Å². The van der Waals surface area contributed by atoms with Gasteiger partial charge >= 0.3 is 0 Å². The fourth-order valence-corrected chi connectivity index (χ4v) is 4.76. The molecule has 0 amide bonds. The van der Waals surface area contributed by atoms with Crippen molar-refractivity contribution in [3.63, 3.8) is 0 Å². The molecular formula is C15H22ClNO3S. The van der Waals surface area contributed by atoms with Gasteiger partial charge in [0.25, 0.3) is 0 Å². The highest BCUT2D eigenvalue weighted by Crippen LogP contribution is 2.26. The predicted octanol–water partition coefficient (Wildman–Crippen LogP) is 2.62. The van der Waals surface area contributed by atoms with Crippen LogP contribution in [0.25, 0.3) is 0 Å². The van der Waals surface area contributed by atoms with E-state index in [9.17, 15) is 8.42 Å². The fraction of sp³-hybridized carbons (Fsp3) is 0.600. The van der Waals surface area contributed by atoms with Crippen molar-refractivity contribution in [2.75, 3.05) is 13.2 Å². The number of benzene rings is 1. The summed E-state index contributed by atoms with van der Waals surface area (Å²) in [5.41, 5.74) is 1.08. The van der Waals surface area contributed by atoms with Gasteiger partial charge in [0, 0.05) is 23.6 Å². The molecule has 2 rings (SSSR count). The Hall–Kier alpha value is -0.620. The maximum atomic E-state index is 12.5. The standard InChI is InChI=1S/C15H22ClNO3S/c1-11(2)17-21(18,19)15-7-8-20-10-13(15)9-12-3-5-14(16)6-4-12/h3-6,11,13,15,17H,7-10H2,1-2H3/t13-,15-/m0/s1. The fourth-order valence-electron chi connectivity index (χ4n) is 2.72. The van der Waals surface area contributed by atoms with Gasteiger partial charge in [0.15, 0.2) is 0 Å². The van der Waals surface area contributed by atoms with E-state index >= 15 is 0 Å². The van der Waals surface area contributed by atoms with Gasteiger partial charge in [-0.2, -0.15) is 0 Å². The van der Waals surface area contributed by atoms with Crippen molar-refractivity contribution in [1.82, 2.24) is 4.72 Å². The highest BCUT2D eigenvalue weighted by atomic mass is 35.5. The Morgan fingerprint density at radius 2 is 2.00 bits per heavy atom. The van der Waals surface area contributed by atoms with Gasteiger partial charge in [-0.05, 0) is 44.4 Å². The molecule has 2 atom stereocenters. The topological polar surface area (TPSA) is 55.4 Å². The second kappa shape index (κ2) is 7.09. The maximum Gasteiger partial charge on any atom is 0.215 e. The first kappa shape index (κ1) is 16.7. The first-order valence-electron chi connectivity index (χ1n) is 7.22. The third-order valence-corrected chi connectivity index (χ3v) is 6.08. The molecule has 0 aliphatic carbocycles. The third kappa shape index (κ3) is 4.68. The highest BCUT2D eigenvalue weighted by Gasteiger charge is 2.36. The normalized spacial score (nSPS) is 23.4. The molecule has 1 aliphatic heterocycles. The highest BCUT2D eigenvalue weighted by molar-refractivity contribution is 7.90. The van der Waals surface area contributed by atoms with Crippen LogP contribution >= 0.6 is 11.6 Å². The van der Waals surface area contributed by atoms with Crippen LogP contribution in [0.4, 0.5) is 0 Å². The van der Waals surface area contributed by atoms with Gasteiger partial charge in [-0.25, -0.2) is 13.1 Å². The lowest BCUT2D eigenvalue weighted by Crippen LogP contribution is -2.46. The van der Waals surface area contributed by atoms with Crippen LogP contribution < -0.4 is 4.72 Å². The summed E-state index contributed by atoms with van der Waals surface area (Å²) in [5.74, 6) is -0.0313. The maximum absolute atomic E-state index is 12.5. The zero-order valence-electron chi connectivity index (χ0n) is 12.4. The molecule has 0 bridgehead atoms. The lowest BCUT2D eigenvalue weighted by Gasteiger charge is -2.32. The van der Waals surface area contributed by atoms with E-state index in [0.29, 0.717) is 31.1 Å². The average Bonchev–Trinajstić information content (AvgIpc) is 2.40. The summed E-state index contributed by atoms with van der Waals surface area (Å²) in [4.78, 5) is 0. The smallest absolute Gasteiger partial charge is 0.215 e. The van der Waals surface area contributed by atoms with Gasteiger partial charge < -0.3 is 4.74 Å². The molecule has 1 fully saturated rings. The molecule has 1 aromatic carbocycles. The molecule has 6 heteroatoms. The van der Waals surface area contributed by atoms with E-state index in [-0.39, 0.29) is 12.0 Å². The van der Waals surface area contributed by atoms with Crippen molar-refractivity contribution in [2.24, 2.45) is 5.92 Å². The van der Waals surface area contributed by atoms with Crippen LogP contribution in [-0.4, -0.2) is 32.9 Å². The van der Waals surface area contributed by atoms with E-state index in [2.05, 4.69) is 4.72 Å². The Kier molecular flexibility index (Phi) is 5.66. The van der Waals surface area contributed by atoms with Crippen molar-refractivity contribution in [3.8, 4) is 0 Å². The van der Waals surface area contributed by atoms with Crippen LogP contribution in [0.3, 0.4) is 0 Å². The van der Waals surface area contributed by atoms with Crippen molar-refractivity contribution >= 4 is 21.6 Å². The molecule has 1 aromatic rings. The second-order valence-corrected chi connectivity index (χ2v) is 8.18. The number of ether oxygens (including phenoxy) is 1. The van der Waals surface area contributed by atoms with E-state index in [1.54, 1.807) is 0 Å². The first-order valence-corrected chi connectivity index (χ1v) is 9.14. The minimum atomic E-state index is -3.32. The molecule has 0 spiro atoms. The van der Waals surface area contributed by atoms with Crippen molar-refractivity contribution < 1.29 is 13.2 Å². The summed E-state index contributed by atoms with van der Waals surface area (Å²) in [5, 5.41) is 0.286. The molecule has 0 saturated carbocycles.